The molecule has 8 heteroatoms. The van der Waals surface area contributed by atoms with Gasteiger partial charge in [0.05, 0.1) is 11.6 Å². The molecule has 0 amide bonds. The third kappa shape index (κ3) is 4.70. The Hall–Kier alpha value is -3.16. The quantitative estimate of drug-likeness (QED) is 0.382. The Kier molecular flexibility index (Phi) is 5.82. The van der Waals surface area contributed by atoms with Crippen molar-refractivity contribution in [1.29, 1.82) is 0 Å². The number of aromatic nitrogens is 4. The average Bonchev–Trinajstić information content (AvgIpc) is 3.49. The number of imidazole rings is 1. The Balaban J connectivity index is 1.41. The summed E-state index contributed by atoms with van der Waals surface area (Å²) in [4.78, 5) is 14.0. The first-order valence-corrected chi connectivity index (χ1v) is 12.6. The topological polar surface area (TPSA) is 74.1 Å². The lowest BCUT2D eigenvalue weighted by atomic mass is 10.1. The predicted octanol–water partition coefficient (Wildman–Crippen LogP) is 5.26. The van der Waals surface area contributed by atoms with Gasteiger partial charge in [-0.1, -0.05) is 41.9 Å². The van der Waals surface area contributed by atoms with E-state index in [4.69, 9.17) is 26.1 Å². The summed E-state index contributed by atoms with van der Waals surface area (Å²) in [6, 6.07) is 16.1. The van der Waals surface area contributed by atoms with Gasteiger partial charge in [0.1, 0.15) is 29.6 Å². The number of nitrogens with zero attached hydrogens (tertiary/aromatic N) is 4. The summed E-state index contributed by atoms with van der Waals surface area (Å²) in [7, 11) is 0. The van der Waals surface area contributed by atoms with E-state index in [1.54, 1.807) is 6.33 Å². The third-order valence-corrected chi connectivity index (χ3v) is 7.06. The number of piperidine rings is 1. The predicted molar refractivity (Wildman–Crippen MR) is 136 cm³/mol. The minimum Gasteiger partial charge on any atom is -0.490 e. The van der Waals surface area contributed by atoms with E-state index in [1.807, 2.05) is 36.4 Å². The number of hydrogen-bond donors (Lipinski definition) is 1. The molecule has 2 aromatic heterocycles. The summed E-state index contributed by atoms with van der Waals surface area (Å²) < 4.78 is 14.5. The molecule has 180 valence electrons. The van der Waals surface area contributed by atoms with E-state index >= 15 is 0 Å². The Morgan fingerprint density at radius 3 is 2.63 bits per heavy atom. The second-order valence-electron chi connectivity index (χ2n) is 9.62. The van der Waals surface area contributed by atoms with E-state index in [-0.39, 0.29) is 11.7 Å². The lowest BCUT2D eigenvalue weighted by Crippen LogP contribution is -2.34. The fourth-order valence-corrected chi connectivity index (χ4v) is 4.73. The van der Waals surface area contributed by atoms with Crippen LogP contribution in [0.4, 0.5) is 0 Å². The molecule has 0 radical (unpaired) electrons. The van der Waals surface area contributed by atoms with Crippen molar-refractivity contribution in [2.45, 2.75) is 50.9 Å². The summed E-state index contributed by atoms with van der Waals surface area (Å²) in [5.74, 6) is 2.03. The average molecular weight is 490 g/mol. The number of hydrogen-bond acceptors (Lipinski definition) is 6. The van der Waals surface area contributed by atoms with Crippen LogP contribution in [0.2, 0.25) is 5.02 Å². The normalized spacial score (nSPS) is 17.4. The summed E-state index contributed by atoms with van der Waals surface area (Å²) in [6.45, 7) is 4.65. The second-order valence-corrected chi connectivity index (χ2v) is 10.0. The van der Waals surface area contributed by atoms with Crippen LogP contribution in [-0.4, -0.2) is 44.3 Å². The second kappa shape index (κ2) is 9.13. The fourth-order valence-electron chi connectivity index (χ4n) is 4.48. The number of ether oxygens (including phenoxy) is 2. The highest BCUT2D eigenvalue weighted by atomic mass is 35.5. The number of nitrogens with one attached hydrogen (secondary N) is 1. The van der Waals surface area contributed by atoms with E-state index in [0.717, 1.165) is 67.1 Å². The van der Waals surface area contributed by atoms with Crippen LogP contribution in [0.5, 0.6) is 11.6 Å². The highest BCUT2D eigenvalue weighted by molar-refractivity contribution is 6.33. The number of fused-ring (bicyclic) bond motifs is 1. The van der Waals surface area contributed by atoms with Gasteiger partial charge in [0.15, 0.2) is 11.2 Å². The van der Waals surface area contributed by atoms with Crippen LogP contribution in [0.25, 0.3) is 22.6 Å². The van der Waals surface area contributed by atoms with Crippen LogP contribution in [-0.2, 0) is 6.54 Å². The molecule has 2 aromatic carbocycles. The van der Waals surface area contributed by atoms with Gasteiger partial charge in [-0.3, -0.25) is 0 Å². The molecule has 1 saturated heterocycles. The monoisotopic (exact) mass is 489 g/mol. The Bertz CT molecular complexity index is 1350. The smallest absolute Gasteiger partial charge is 0.245 e. The van der Waals surface area contributed by atoms with Gasteiger partial charge < -0.3 is 19.4 Å². The van der Waals surface area contributed by atoms with Gasteiger partial charge in [0.25, 0.3) is 0 Å². The number of halogens is 1. The van der Waals surface area contributed by atoms with Crippen LogP contribution in [0.1, 0.15) is 38.2 Å². The molecule has 0 spiro atoms. The first kappa shape index (κ1) is 22.3. The molecule has 1 N–H and O–H groups in total. The van der Waals surface area contributed by atoms with Crippen molar-refractivity contribution in [3.8, 4) is 23.0 Å². The van der Waals surface area contributed by atoms with Gasteiger partial charge in [0.2, 0.25) is 5.88 Å². The van der Waals surface area contributed by atoms with E-state index in [2.05, 4.69) is 38.9 Å². The zero-order valence-corrected chi connectivity index (χ0v) is 20.5. The Morgan fingerprint density at radius 2 is 1.89 bits per heavy atom. The zero-order valence-electron chi connectivity index (χ0n) is 19.7. The molecule has 35 heavy (non-hydrogen) atoms. The van der Waals surface area contributed by atoms with Gasteiger partial charge in [-0.05, 0) is 69.5 Å². The molecule has 0 unspecified atom stereocenters. The van der Waals surface area contributed by atoms with Crippen LogP contribution in [0.3, 0.4) is 0 Å². The molecular weight excluding hydrogens is 462 g/mol. The maximum absolute atomic E-state index is 6.83. The molecule has 2 aliphatic rings. The van der Waals surface area contributed by atoms with Crippen molar-refractivity contribution < 1.29 is 9.47 Å². The van der Waals surface area contributed by atoms with Gasteiger partial charge in [-0.2, -0.15) is 4.98 Å². The molecule has 7 nitrogen and oxygen atoms in total. The van der Waals surface area contributed by atoms with Gasteiger partial charge in [0, 0.05) is 5.56 Å². The largest absolute Gasteiger partial charge is 0.490 e. The molecule has 6 rings (SSSR count). The molecule has 1 aliphatic heterocycles. The summed E-state index contributed by atoms with van der Waals surface area (Å²) in [5.41, 5.74) is 3.17. The highest BCUT2D eigenvalue weighted by Crippen LogP contribution is 2.41. The summed E-state index contributed by atoms with van der Waals surface area (Å²) in [5, 5.41) is 3.95. The fraction of sp³-hybridized carbons (Fsp3) is 0.370. The van der Waals surface area contributed by atoms with Crippen molar-refractivity contribution in [3.63, 3.8) is 0 Å². The molecule has 3 heterocycles. The van der Waals surface area contributed by atoms with E-state index in [0.29, 0.717) is 23.0 Å². The molecule has 4 aromatic rings. The maximum atomic E-state index is 6.83. The minimum atomic E-state index is -0.171. The first-order valence-electron chi connectivity index (χ1n) is 12.2. The van der Waals surface area contributed by atoms with Crippen LogP contribution in [0.15, 0.2) is 54.9 Å². The van der Waals surface area contributed by atoms with E-state index in [1.165, 1.54) is 0 Å². The van der Waals surface area contributed by atoms with Crippen LogP contribution >= 0.6 is 11.6 Å². The molecule has 0 bridgehead atoms. The van der Waals surface area contributed by atoms with Crippen molar-refractivity contribution in [3.05, 3.63) is 65.4 Å². The van der Waals surface area contributed by atoms with Crippen molar-refractivity contribution >= 4 is 22.8 Å². The lowest BCUT2D eigenvalue weighted by molar-refractivity contribution is 0.162. The Morgan fingerprint density at radius 1 is 1.09 bits per heavy atom. The van der Waals surface area contributed by atoms with Crippen LogP contribution in [0, 0.1) is 0 Å². The van der Waals surface area contributed by atoms with Crippen molar-refractivity contribution in [2.24, 2.45) is 0 Å². The summed E-state index contributed by atoms with van der Waals surface area (Å²) in [6.07, 6.45) is 5.77. The van der Waals surface area contributed by atoms with Crippen LogP contribution < -0.4 is 14.8 Å². The first-order chi connectivity index (χ1) is 17.1. The maximum Gasteiger partial charge on any atom is 0.245 e. The number of benzene rings is 2. The summed E-state index contributed by atoms with van der Waals surface area (Å²) >= 11 is 6.83. The molecule has 2 fully saturated rings. The molecule has 1 aliphatic carbocycles. The van der Waals surface area contributed by atoms with Gasteiger partial charge in [-0.25, -0.2) is 9.97 Å². The molecule has 0 atom stereocenters. The SMILES string of the molecule is CC1(Oc2ncnc3c2nc(-c2ccc(OC4CCNCC4)cc2Cl)n3Cc2ccccc2)CC1. The van der Waals surface area contributed by atoms with Gasteiger partial charge >= 0.3 is 0 Å². The highest BCUT2D eigenvalue weighted by Gasteiger charge is 2.41. The standard InChI is InChI=1S/C27H28ClN5O2/c1-27(11-12-27)35-26-23-25(30-17-31-26)33(16-18-5-3-2-4-6-18)24(32-23)21-8-7-20(15-22(21)28)34-19-9-13-29-14-10-19/h2-8,15,17,19,29H,9-14,16H2,1H3. The third-order valence-electron chi connectivity index (χ3n) is 6.75. The Labute approximate surface area is 209 Å². The van der Waals surface area contributed by atoms with E-state index in [9.17, 15) is 0 Å². The van der Waals surface area contributed by atoms with Crippen molar-refractivity contribution in [2.75, 3.05) is 13.1 Å². The van der Waals surface area contributed by atoms with E-state index < -0.39 is 0 Å². The van der Waals surface area contributed by atoms with Gasteiger partial charge in [-0.15, -0.1) is 0 Å². The molecular formula is C27H28ClN5O2. The molecule has 1 saturated carbocycles. The number of rotatable bonds is 7. The zero-order chi connectivity index (χ0) is 23.8. The lowest BCUT2D eigenvalue weighted by Gasteiger charge is -2.24. The minimum absolute atomic E-state index is 0.171. The van der Waals surface area contributed by atoms with Crippen molar-refractivity contribution in [1.82, 2.24) is 24.8 Å².